The van der Waals surface area contributed by atoms with Crippen LogP contribution in [0.25, 0.3) is 0 Å². The van der Waals surface area contributed by atoms with Gasteiger partial charge in [-0.05, 0) is 12.8 Å². The fraction of sp³-hybridized carbons (Fsp3) is 0.167. The Morgan fingerprint density at radius 3 is 1.61 bits per heavy atom. The van der Waals surface area contributed by atoms with Crippen LogP contribution in [0.5, 0.6) is 0 Å². The van der Waals surface area contributed by atoms with Gasteiger partial charge in [0.1, 0.15) is 0 Å². The van der Waals surface area contributed by atoms with Crippen LogP contribution in [0, 0.1) is 0 Å². The molecular weight excluding hydrogens is 254 g/mol. The molecule has 6 heteroatoms. The van der Waals surface area contributed by atoms with E-state index in [-0.39, 0.29) is 4.31 Å². The summed E-state index contributed by atoms with van der Waals surface area (Å²) in [6.45, 7) is 6.88. The van der Waals surface area contributed by atoms with Gasteiger partial charge in [0.2, 0.25) is 10.9 Å². The first kappa shape index (κ1) is 16.1. The van der Waals surface area contributed by atoms with Gasteiger partial charge >= 0.3 is 0 Å². The van der Waals surface area contributed by atoms with Crippen LogP contribution in [0.15, 0.2) is 49.6 Å². The van der Waals surface area contributed by atoms with Crippen molar-refractivity contribution in [3.05, 3.63) is 49.6 Å². The highest BCUT2D eigenvalue weighted by Crippen LogP contribution is 1.97. The van der Waals surface area contributed by atoms with Crippen molar-refractivity contribution in [2.24, 2.45) is 0 Å². The molecule has 18 heavy (non-hydrogen) atoms. The molecule has 0 unspecified atom stereocenters. The Hall–Kier alpha value is -1.95. The molecule has 0 N–H and O–H groups in total. The summed E-state index contributed by atoms with van der Waals surface area (Å²) in [5, 5.41) is 0. The van der Waals surface area contributed by atoms with E-state index in [4.69, 9.17) is 0 Å². The van der Waals surface area contributed by atoms with Gasteiger partial charge in [-0.3, -0.25) is 9.59 Å². The summed E-state index contributed by atoms with van der Waals surface area (Å²) < 4.78 is 21.9. The molecule has 0 heterocycles. The predicted molar refractivity (Wildman–Crippen MR) is 70.1 cm³/mol. The number of hydrogen-bond acceptors (Lipinski definition) is 4. The van der Waals surface area contributed by atoms with Crippen molar-refractivity contribution in [1.29, 1.82) is 0 Å². The van der Waals surface area contributed by atoms with E-state index in [1.54, 1.807) is 0 Å². The summed E-state index contributed by atoms with van der Waals surface area (Å²) in [4.78, 5) is 23.0. The van der Waals surface area contributed by atoms with E-state index in [0.717, 1.165) is 12.2 Å². The van der Waals surface area contributed by atoms with E-state index in [2.05, 4.69) is 13.2 Å². The normalized spacial score (nSPS) is 10.9. The van der Waals surface area contributed by atoms with Crippen LogP contribution >= 0.6 is 0 Å². The van der Waals surface area contributed by atoms with Crippen LogP contribution in [-0.2, 0) is 20.5 Å². The van der Waals surface area contributed by atoms with Crippen LogP contribution in [0.1, 0.15) is 12.8 Å². The first-order valence-electron chi connectivity index (χ1n) is 5.11. The van der Waals surface area contributed by atoms with Gasteiger partial charge in [-0.15, -0.1) is 13.2 Å². The number of imide groups is 1. The molecule has 0 aromatic rings. The molecule has 0 fully saturated rings. The molecule has 0 rings (SSSR count). The molecule has 0 radical (unpaired) electrons. The molecule has 0 aliphatic heterocycles. The topological polar surface area (TPSA) is 71.5 Å². The molecule has 98 valence electrons. The minimum absolute atomic E-state index is 0.175. The largest absolute Gasteiger partial charge is 0.268 e. The van der Waals surface area contributed by atoms with Gasteiger partial charge in [-0.1, -0.05) is 24.3 Å². The van der Waals surface area contributed by atoms with Gasteiger partial charge in [0.15, 0.2) is 0 Å². The van der Waals surface area contributed by atoms with Crippen molar-refractivity contribution in [3.8, 4) is 0 Å². The number of carbonyl (C=O) groups is 2. The molecule has 0 saturated carbocycles. The molecule has 5 nitrogen and oxygen atoms in total. The highest BCUT2D eigenvalue weighted by Gasteiger charge is 2.19. The monoisotopic (exact) mass is 269 g/mol. The molecule has 0 spiro atoms. The summed E-state index contributed by atoms with van der Waals surface area (Å²) >= 11 is 0. The first-order chi connectivity index (χ1) is 8.54. The summed E-state index contributed by atoms with van der Waals surface area (Å²) in [5.41, 5.74) is 0. The lowest BCUT2D eigenvalue weighted by Gasteiger charge is -2.08. The Labute approximate surface area is 108 Å². The minimum Gasteiger partial charge on any atom is -0.268 e. The predicted octanol–water partition coefficient (Wildman–Crippen LogP) is 1.13. The number of thiol groups is 1. The number of rotatable bonds is 7. The summed E-state index contributed by atoms with van der Waals surface area (Å²) in [7, 11) is -3.30. The summed E-state index contributed by atoms with van der Waals surface area (Å²) in [6, 6.07) is 0. The number of amides is 2. The molecule has 0 aromatic heterocycles. The van der Waals surface area contributed by atoms with Crippen LogP contribution in [0.3, 0.4) is 0 Å². The molecule has 0 bridgehead atoms. The average molecular weight is 269 g/mol. The maximum Gasteiger partial charge on any atom is 0.266 e. The lowest BCUT2D eigenvalue weighted by Crippen LogP contribution is -2.33. The average Bonchev–Trinajstić information content (AvgIpc) is 2.29. The molecule has 0 aromatic carbocycles. The van der Waals surface area contributed by atoms with E-state index in [9.17, 15) is 18.0 Å². The Morgan fingerprint density at radius 1 is 0.944 bits per heavy atom. The van der Waals surface area contributed by atoms with Gasteiger partial charge in [-0.25, -0.2) is 8.42 Å². The van der Waals surface area contributed by atoms with Gasteiger partial charge in [0, 0.05) is 12.2 Å². The van der Waals surface area contributed by atoms with Crippen molar-refractivity contribution in [2.45, 2.75) is 12.8 Å². The molecule has 0 saturated heterocycles. The highest BCUT2D eigenvalue weighted by molar-refractivity contribution is 7.71. The SMILES string of the molecule is C=CCC=CC(=O)N(C(=O)C=CCC=C)[SH](=O)=O. The Balaban J connectivity index is 4.85. The van der Waals surface area contributed by atoms with Gasteiger partial charge in [-0.2, -0.15) is 4.31 Å². The van der Waals surface area contributed by atoms with Gasteiger partial charge in [0.25, 0.3) is 11.8 Å². The Kier molecular flexibility index (Phi) is 8.13. The smallest absolute Gasteiger partial charge is 0.266 e. The minimum atomic E-state index is -3.30. The lowest BCUT2D eigenvalue weighted by atomic mass is 10.3. The van der Waals surface area contributed by atoms with E-state index >= 15 is 0 Å². The number of hydrogen-bond donors (Lipinski definition) is 1. The van der Waals surface area contributed by atoms with Gasteiger partial charge in [0.05, 0.1) is 0 Å². The number of carbonyl (C=O) groups excluding carboxylic acids is 2. The van der Waals surface area contributed by atoms with Crippen LogP contribution in [0.4, 0.5) is 0 Å². The van der Waals surface area contributed by atoms with E-state index in [1.807, 2.05) is 0 Å². The van der Waals surface area contributed by atoms with Gasteiger partial charge < -0.3 is 0 Å². The van der Waals surface area contributed by atoms with Crippen molar-refractivity contribution < 1.29 is 18.0 Å². The fourth-order valence-corrected chi connectivity index (χ4v) is 1.40. The van der Waals surface area contributed by atoms with Crippen molar-refractivity contribution in [1.82, 2.24) is 4.31 Å². The second-order valence-electron chi connectivity index (χ2n) is 3.08. The standard InChI is InChI=1S/C12H15NO4S/c1-3-5-7-9-11(14)13(18(16)17)12(15)10-8-6-4-2/h3-4,7-10,18H,1-2,5-6H2. The third kappa shape index (κ3) is 5.95. The zero-order chi connectivity index (χ0) is 14.0. The van der Waals surface area contributed by atoms with E-state index in [1.165, 1.54) is 24.3 Å². The van der Waals surface area contributed by atoms with Crippen molar-refractivity contribution >= 4 is 22.7 Å². The quantitative estimate of drug-likeness (QED) is 0.427. The van der Waals surface area contributed by atoms with Crippen LogP contribution < -0.4 is 0 Å². The van der Waals surface area contributed by atoms with E-state index < -0.39 is 22.7 Å². The molecule has 0 aliphatic rings. The van der Waals surface area contributed by atoms with Crippen LogP contribution in [0.2, 0.25) is 0 Å². The Morgan fingerprint density at radius 2 is 1.33 bits per heavy atom. The Bertz CT molecular complexity index is 421. The number of allylic oxidation sites excluding steroid dienone is 4. The van der Waals surface area contributed by atoms with Crippen molar-refractivity contribution in [3.63, 3.8) is 0 Å². The summed E-state index contributed by atoms with van der Waals surface area (Å²) in [5.74, 6) is -1.80. The second-order valence-corrected chi connectivity index (χ2v) is 3.96. The fourth-order valence-electron chi connectivity index (χ4n) is 0.941. The third-order valence-corrected chi connectivity index (χ3v) is 2.43. The highest BCUT2D eigenvalue weighted by atomic mass is 32.2. The molecular formula is C12H15NO4S. The summed E-state index contributed by atoms with van der Waals surface area (Å²) in [6.07, 6.45) is 8.78. The maximum atomic E-state index is 11.5. The zero-order valence-electron chi connectivity index (χ0n) is 9.82. The number of nitrogens with zero attached hydrogens (tertiary/aromatic N) is 1. The maximum absolute atomic E-state index is 11.5. The lowest BCUT2D eigenvalue weighted by molar-refractivity contribution is -0.132. The third-order valence-electron chi connectivity index (χ3n) is 1.71. The molecule has 0 aliphatic carbocycles. The second kappa shape index (κ2) is 9.12. The molecule has 2 amide bonds. The van der Waals surface area contributed by atoms with E-state index in [0.29, 0.717) is 12.8 Å². The first-order valence-corrected chi connectivity index (χ1v) is 6.24. The van der Waals surface area contributed by atoms with Crippen molar-refractivity contribution in [2.75, 3.05) is 0 Å². The molecule has 0 atom stereocenters. The zero-order valence-corrected chi connectivity index (χ0v) is 10.7. The van der Waals surface area contributed by atoms with Crippen LogP contribution in [-0.4, -0.2) is 24.5 Å².